The first-order chi connectivity index (χ1) is 35.0. The van der Waals surface area contributed by atoms with E-state index < -0.39 is 26.6 Å². The van der Waals surface area contributed by atoms with Gasteiger partial charge in [0.2, 0.25) is 5.91 Å². The summed E-state index contributed by atoms with van der Waals surface area (Å²) in [5, 5.41) is 13.8. The highest BCUT2D eigenvalue weighted by molar-refractivity contribution is 7.45. The van der Waals surface area contributed by atoms with Crippen molar-refractivity contribution in [1.29, 1.82) is 0 Å². The summed E-state index contributed by atoms with van der Waals surface area (Å²) in [6, 6.07) is -0.909. The highest BCUT2D eigenvalue weighted by Crippen LogP contribution is 2.38. The standard InChI is InChI=1S/C63H117N2O6P/c1-6-8-10-12-14-16-18-19-20-21-22-23-24-25-26-27-28-29-30-31-32-33-34-35-36-37-38-39-40-41-42-43-44-45-47-49-51-53-55-57-63(67)64-61(60-71-72(68,69)70-59-58-65(3,4)5)62(66)56-54-52-50-48-46-17-15-13-11-9-7-2/h11,13,18-19,21-22,24-25,46,48,54,56,61-62,66H,6-10,12,14-17,20,23,26-45,47,49-53,55,57-60H2,1-5H3,(H-,64,67,68,69)/b13-11+,19-18-,22-21-,25-24-,48-46+,56-54+. The molecule has 0 aliphatic rings. The monoisotopic (exact) mass is 1030 g/mol. The molecule has 0 aromatic rings. The molecular weight excluding hydrogens is 912 g/mol. The molecule has 2 N–H and O–H groups in total. The molecule has 420 valence electrons. The first-order valence-corrected chi connectivity index (χ1v) is 31.8. The van der Waals surface area contributed by atoms with Gasteiger partial charge in [-0.1, -0.05) is 260 Å². The van der Waals surface area contributed by atoms with E-state index in [2.05, 4.69) is 79.9 Å². The quantitative estimate of drug-likeness (QED) is 0.0272. The molecule has 0 bridgehead atoms. The Hall–Kier alpha value is -2.06. The van der Waals surface area contributed by atoms with E-state index in [4.69, 9.17) is 9.05 Å². The second-order valence-electron chi connectivity index (χ2n) is 21.7. The molecular formula is C63H117N2O6P. The van der Waals surface area contributed by atoms with E-state index in [1.54, 1.807) is 6.08 Å². The minimum atomic E-state index is -4.60. The normalized spacial score (nSPS) is 14.4. The number of carbonyl (C=O) groups is 1. The number of aliphatic hydroxyl groups is 1. The number of hydrogen-bond acceptors (Lipinski definition) is 6. The van der Waals surface area contributed by atoms with E-state index in [0.29, 0.717) is 17.4 Å². The fraction of sp³-hybridized carbons (Fsp3) is 0.794. The number of unbranched alkanes of at least 4 members (excludes halogenated alkanes) is 32. The third kappa shape index (κ3) is 55.7. The summed E-state index contributed by atoms with van der Waals surface area (Å²) in [4.78, 5) is 25.4. The molecule has 0 saturated carbocycles. The second kappa shape index (κ2) is 53.8. The zero-order chi connectivity index (χ0) is 52.7. The van der Waals surface area contributed by atoms with Crippen LogP contribution in [-0.4, -0.2) is 68.5 Å². The van der Waals surface area contributed by atoms with Crippen molar-refractivity contribution < 1.29 is 32.9 Å². The van der Waals surface area contributed by atoms with Gasteiger partial charge in [0.25, 0.3) is 7.82 Å². The number of aliphatic hydroxyl groups excluding tert-OH is 1. The van der Waals surface area contributed by atoms with Gasteiger partial charge in [0.05, 0.1) is 39.9 Å². The molecule has 0 aliphatic heterocycles. The van der Waals surface area contributed by atoms with Crippen molar-refractivity contribution in [3.05, 3.63) is 72.9 Å². The molecule has 9 heteroatoms. The van der Waals surface area contributed by atoms with E-state index in [0.717, 1.165) is 64.2 Å². The third-order valence-corrected chi connectivity index (χ3v) is 14.3. The summed E-state index contributed by atoms with van der Waals surface area (Å²) in [5.41, 5.74) is 0. The summed E-state index contributed by atoms with van der Waals surface area (Å²) in [6.45, 7) is 4.53. The lowest BCUT2D eigenvalue weighted by Crippen LogP contribution is -2.45. The van der Waals surface area contributed by atoms with Crippen LogP contribution in [-0.2, 0) is 18.4 Å². The van der Waals surface area contributed by atoms with Crippen molar-refractivity contribution in [1.82, 2.24) is 5.32 Å². The highest BCUT2D eigenvalue weighted by atomic mass is 31.2. The van der Waals surface area contributed by atoms with Crippen molar-refractivity contribution in [3.63, 3.8) is 0 Å². The van der Waals surface area contributed by atoms with Crippen LogP contribution in [0.1, 0.15) is 271 Å². The van der Waals surface area contributed by atoms with Crippen molar-refractivity contribution in [2.45, 2.75) is 283 Å². The Morgan fingerprint density at radius 3 is 1.26 bits per heavy atom. The number of allylic oxidation sites excluding steroid dienone is 11. The zero-order valence-electron chi connectivity index (χ0n) is 47.9. The Kier molecular flexibility index (Phi) is 52.2. The van der Waals surface area contributed by atoms with Gasteiger partial charge in [0, 0.05) is 6.42 Å². The number of phosphoric ester groups is 1. The van der Waals surface area contributed by atoms with Gasteiger partial charge in [-0.3, -0.25) is 9.36 Å². The lowest BCUT2D eigenvalue weighted by Gasteiger charge is -2.29. The van der Waals surface area contributed by atoms with Gasteiger partial charge >= 0.3 is 0 Å². The molecule has 3 unspecified atom stereocenters. The van der Waals surface area contributed by atoms with Crippen LogP contribution in [0, 0.1) is 0 Å². The molecule has 1 amide bonds. The Morgan fingerprint density at radius 1 is 0.486 bits per heavy atom. The van der Waals surface area contributed by atoms with Crippen molar-refractivity contribution >= 4 is 13.7 Å². The van der Waals surface area contributed by atoms with Crippen LogP contribution in [0.15, 0.2) is 72.9 Å². The maximum absolute atomic E-state index is 12.9. The molecule has 0 fully saturated rings. The number of rotatable bonds is 55. The predicted octanol–water partition coefficient (Wildman–Crippen LogP) is 18.0. The van der Waals surface area contributed by atoms with Gasteiger partial charge in [-0.2, -0.15) is 0 Å². The van der Waals surface area contributed by atoms with Crippen LogP contribution in [0.3, 0.4) is 0 Å². The summed E-state index contributed by atoms with van der Waals surface area (Å²) in [6.07, 6.45) is 74.6. The Balaban J connectivity index is 3.87. The fourth-order valence-corrected chi connectivity index (χ4v) is 9.34. The van der Waals surface area contributed by atoms with Gasteiger partial charge < -0.3 is 28.8 Å². The summed E-state index contributed by atoms with van der Waals surface area (Å²) < 4.78 is 23.2. The van der Waals surface area contributed by atoms with Crippen molar-refractivity contribution in [2.75, 3.05) is 40.9 Å². The molecule has 0 saturated heterocycles. The predicted molar refractivity (Wildman–Crippen MR) is 311 cm³/mol. The van der Waals surface area contributed by atoms with Crippen LogP contribution < -0.4 is 10.2 Å². The lowest BCUT2D eigenvalue weighted by atomic mass is 10.0. The highest BCUT2D eigenvalue weighted by Gasteiger charge is 2.23. The number of hydrogen-bond donors (Lipinski definition) is 2. The molecule has 0 spiro atoms. The van der Waals surface area contributed by atoms with E-state index in [-0.39, 0.29) is 12.5 Å². The molecule has 0 aliphatic carbocycles. The zero-order valence-corrected chi connectivity index (χ0v) is 48.8. The minimum Gasteiger partial charge on any atom is -0.756 e. The maximum atomic E-state index is 12.9. The average molecular weight is 1030 g/mol. The Labute approximate surface area is 446 Å². The third-order valence-electron chi connectivity index (χ3n) is 13.3. The van der Waals surface area contributed by atoms with Crippen LogP contribution >= 0.6 is 7.82 Å². The first kappa shape index (κ1) is 69.9. The topological polar surface area (TPSA) is 108 Å². The number of amides is 1. The van der Waals surface area contributed by atoms with Gasteiger partial charge in [0.1, 0.15) is 13.2 Å². The fourth-order valence-electron chi connectivity index (χ4n) is 8.61. The minimum absolute atomic E-state index is 0.00989. The largest absolute Gasteiger partial charge is 0.756 e. The van der Waals surface area contributed by atoms with Gasteiger partial charge in [-0.25, -0.2) is 0 Å². The summed E-state index contributed by atoms with van der Waals surface area (Å²) >= 11 is 0. The smallest absolute Gasteiger partial charge is 0.268 e. The van der Waals surface area contributed by atoms with Gasteiger partial charge in [0.15, 0.2) is 0 Å². The molecule has 3 atom stereocenters. The Morgan fingerprint density at radius 2 is 0.847 bits per heavy atom. The second-order valence-corrected chi connectivity index (χ2v) is 23.1. The van der Waals surface area contributed by atoms with E-state index in [1.165, 1.54) is 186 Å². The van der Waals surface area contributed by atoms with Crippen LogP contribution in [0.5, 0.6) is 0 Å². The van der Waals surface area contributed by atoms with Crippen LogP contribution in [0.2, 0.25) is 0 Å². The van der Waals surface area contributed by atoms with E-state index >= 15 is 0 Å². The summed E-state index contributed by atoms with van der Waals surface area (Å²) in [5.74, 6) is -0.211. The number of nitrogens with one attached hydrogen (secondary N) is 1. The molecule has 8 nitrogen and oxygen atoms in total. The molecule has 0 aromatic heterocycles. The van der Waals surface area contributed by atoms with Gasteiger partial charge in [-0.05, 0) is 77.0 Å². The SMILES string of the molecule is CCC/C=C/CC/C=C/CC/C=C/C(O)C(COP(=O)([O-])OCC[N+](C)(C)C)NC(=O)CCCCCCCCCCCCCCCCCCCCCCCCCC/C=C\C/C=C\C/C=C\CCCCCCC. The first-order valence-electron chi connectivity index (χ1n) is 30.3. The van der Waals surface area contributed by atoms with E-state index in [1.807, 2.05) is 27.2 Å². The van der Waals surface area contributed by atoms with Gasteiger partial charge in [-0.15, -0.1) is 0 Å². The van der Waals surface area contributed by atoms with Crippen molar-refractivity contribution in [3.8, 4) is 0 Å². The number of carbonyl (C=O) groups excluding carboxylic acids is 1. The van der Waals surface area contributed by atoms with Crippen LogP contribution in [0.4, 0.5) is 0 Å². The van der Waals surface area contributed by atoms with E-state index in [9.17, 15) is 19.4 Å². The molecule has 0 rings (SSSR count). The average Bonchev–Trinajstić information content (AvgIpc) is 3.34. The Bertz CT molecular complexity index is 1400. The number of phosphoric acid groups is 1. The molecule has 0 heterocycles. The molecule has 72 heavy (non-hydrogen) atoms. The maximum Gasteiger partial charge on any atom is 0.268 e. The van der Waals surface area contributed by atoms with Crippen molar-refractivity contribution in [2.24, 2.45) is 0 Å². The number of nitrogens with zero attached hydrogens (tertiary/aromatic N) is 1. The molecule has 0 radical (unpaired) electrons. The summed E-state index contributed by atoms with van der Waals surface area (Å²) in [7, 11) is 1.23. The van der Waals surface area contributed by atoms with Crippen LogP contribution in [0.25, 0.3) is 0 Å². The number of quaternary nitrogens is 1. The number of likely N-dealkylation sites (N-methyl/N-ethyl adjacent to an activating group) is 1. The molecule has 0 aromatic carbocycles. The lowest BCUT2D eigenvalue weighted by molar-refractivity contribution is -0.870.